The van der Waals surface area contributed by atoms with Crippen LogP contribution in [-0.2, 0) is 9.53 Å². The van der Waals surface area contributed by atoms with Crippen LogP contribution in [0.1, 0.15) is 207 Å². The van der Waals surface area contributed by atoms with Crippen molar-refractivity contribution in [3.8, 4) is 0 Å². The number of carbonyl (C=O) groups excluding carboxylic acids is 1. The van der Waals surface area contributed by atoms with Crippen LogP contribution in [0, 0.1) is 17.8 Å². The maximum Gasteiger partial charge on any atom is 0.319 e. The molecular weight excluding hydrogens is 502 g/mol. The highest BCUT2D eigenvalue weighted by Gasteiger charge is 2.11. The molecule has 0 aliphatic rings. The molecule has 0 atom stereocenters. The predicted molar refractivity (Wildman–Crippen MR) is 182 cm³/mol. The van der Waals surface area contributed by atoms with Crippen LogP contribution in [0.3, 0.4) is 0 Å². The van der Waals surface area contributed by atoms with Gasteiger partial charge in [-0.2, -0.15) is 0 Å². The molecule has 0 saturated heterocycles. The summed E-state index contributed by atoms with van der Waals surface area (Å²) in [6, 6.07) is 0. The van der Waals surface area contributed by atoms with Gasteiger partial charge in [0.25, 0.3) is 0 Å². The van der Waals surface area contributed by atoms with E-state index in [1.165, 1.54) is 180 Å². The minimum atomic E-state index is -0.249. The fraction of sp³-hybridized carbons (Fsp3) is 0.974. The van der Waals surface area contributed by atoms with Crippen LogP contribution in [0.5, 0.6) is 0 Å². The minimum Gasteiger partial charge on any atom is -0.464 e. The molecule has 0 amide bonds. The maximum atomic E-state index is 11.6. The molecule has 0 rings (SSSR count). The number of rotatable bonds is 33. The number of unbranched alkanes of at least 4 members (excludes halogenated alkanes) is 22. The molecule has 0 bridgehead atoms. The number of hydrogen-bond acceptors (Lipinski definition) is 3. The molecule has 3 heteroatoms. The predicted octanol–water partition coefficient (Wildman–Crippen LogP) is 12.3. The Morgan fingerprint density at radius 1 is 0.439 bits per heavy atom. The third kappa shape index (κ3) is 33.8. The van der Waals surface area contributed by atoms with Gasteiger partial charge in [-0.3, -0.25) is 4.79 Å². The molecule has 0 unspecified atom stereocenters. The molecule has 0 aliphatic heterocycles. The quantitative estimate of drug-likeness (QED) is 0.0621. The van der Waals surface area contributed by atoms with Crippen molar-refractivity contribution < 1.29 is 9.53 Å². The van der Waals surface area contributed by atoms with Crippen LogP contribution in [0.25, 0.3) is 0 Å². The lowest BCUT2D eigenvalue weighted by Crippen LogP contribution is -2.21. The van der Waals surface area contributed by atoms with Gasteiger partial charge in [0.2, 0.25) is 0 Å². The van der Waals surface area contributed by atoms with Crippen molar-refractivity contribution in [1.82, 2.24) is 0 Å². The zero-order chi connectivity index (χ0) is 30.2. The van der Waals surface area contributed by atoms with Crippen molar-refractivity contribution in [1.29, 1.82) is 0 Å². The molecule has 0 fully saturated rings. The summed E-state index contributed by atoms with van der Waals surface area (Å²) in [5.41, 5.74) is 5.45. The second-order valence-corrected chi connectivity index (χ2v) is 14.2. The zero-order valence-corrected chi connectivity index (χ0v) is 28.8. The summed E-state index contributed by atoms with van der Waals surface area (Å²) < 4.78 is 5.44. The van der Waals surface area contributed by atoms with Crippen molar-refractivity contribution in [3.05, 3.63) is 0 Å². The Kier molecular flexibility index (Phi) is 31.9. The lowest BCUT2D eigenvalue weighted by atomic mass is 9.94. The zero-order valence-electron chi connectivity index (χ0n) is 28.8. The Balaban J connectivity index is 3.67. The fourth-order valence-corrected chi connectivity index (χ4v) is 6.09. The van der Waals surface area contributed by atoms with Gasteiger partial charge >= 0.3 is 5.97 Å². The summed E-state index contributed by atoms with van der Waals surface area (Å²) in [5, 5.41) is 0. The van der Waals surface area contributed by atoms with Crippen molar-refractivity contribution in [3.63, 3.8) is 0 Å². The van der Waals surface area contributed by atoms with E-state index in [1.807, 2.05) is 0 Å². The Bertz CT molecular complexity index is 482. The van der Waals surface area contributed by atoms with Gasteiger partial charge in [0, 0.05) is 0 Å². The topological polar surface area (TPSA) is 52.3 Å². The van der Waals surface area contributed by atoms with Gasteiger partial charge in [0.05, 0.1) is 13.2 Å². The lowest BCUT2D eigenvalue weighted by Gasteiger charge is -2.17. The Morgan fingerprint density at radius 2 is 0.683 bits per heavy atom. The van der Waals surface area contributed by atoms with E-state index < -0.39 is 0 Å². The standard InChI is InChI=1S/C38H77NO2/c1-35(2)29-25-21-17-13-9-5-7-11-15-19-23-27-31-37(34-41-38(40)33-39)32-28-24-20-16-12-8-6-10-14-18-22-26-30-36(3)4/h35-37H,5-34,39H2,1-4H3. The maximum absolute atomic E-state index is 11.6. The first-order chi connectivity index (χ1) is 20.0. The van der Waals surface area contributed by atoms with E-state index in [-0.39, 0.29) is 12.5 Å². The molecule has 0 aromatic heterocycles. The van der Waals surface area contributed by atoms with E-state index in [0.29, 0.717) is 12.5 Å². The molecule has 0 aromatic carbocycles. The van der Waals surface area contributed by atoms with Crippen LogP contribution in [0.2, 0.25) is 0 Å². The highest BCUT2D eigenvalue weighted by molar-refractivity contribution is 5.71. The van der Waals surface area contributed by atoms with E-state index in [9.17, 15) is 4.79 Å². The Morgan fingerprint density at radius 3 is 0.927 bits per heavy atom. The summed E-state index contributed by atoms with van der Waals surface area (Å²) >= 11 is 0. The van der Waals surface area contributed by atoms with Crippen molar-refractivity contribution in [2.75, 3.05) is 13.2 Å². The lowest BCUT2D eigenvalue weighted by molar-refractivity contribution is -0.143. The molecule has 41 heavy (non-hydrogen) atoms. The SMILES string of the molecule is CC(C)CCCCCCCCCCCCCCC(CCCCCCCCCCCCCCC(C)C)COC(=O)CN. The van der Waals surface area contributed by atoms with Crippen molar-refractivity contribution >= 4 is 5.97 Å². The first kappa shape index (κ1) is 40.4. The molecule has 246 valence electrons. The normalized spacial score (nSPS) is 11.8. The summed E-state index contributed by atoms with van der Waals surface area (Å²) in [7, 11) is 0. The highest BCUT2D eigenvalue weighted by Crippen LogP contribution is 2.21. The molecule has 0 saturated carbocycles. The van der Waals surface area contributed by atoms with Crippen molar-refractivity contribution in [2.45, 2.75) is 207 Å². The van der Waals surface area contributed by atoms with E-state index in [0.717, 1.165) is 11.8 Å². The fourth-order valence-electron chi connectivity index (χ4n) is 6.09. The van der Waals surface area contributed by atoms with Gasteiger partial charge in [0.1, 0.15) is 0 Å². The van der Waals surface area contributed by atoms with Crippen LogP contribution >= 0.6 is 0 Å². The molecular formula is C38H77NO2. The Labute approximate surface area is 259 Å². The van der Waals surface area contributed by atoms with Gasteiger partial charge in [-0.05, 0) is 30.6 Å². The second-order valence-electron chi connectivity index (χ2n) is 14.2. The van der Waals surface area contributed by atoms with Crippen molar-refractivity contribution in [2.24, 2.45) is 23.5 Å². The van der Waals surface area contributed by atoms with Gasteiger partial charge in [-0.15, -0.1) is 0 Å². The van der Waals surface area contributed by atoms with Gasteiger partial charge in [0.15, 0.2) is 0 Å². The summed E-state index contributed by atoms with van der Waals surface area (Å²) in [6.07, 6.45) is 38.8. The molecule has 0 aromatic rings. The van der Waals surface area contributed by atoms with E-state index in [1.54, 1.807) is 0 Å². The van der Waals surface area contributed by atoms with E-state index in [4.69, 9.17) is 10.5 Å². The molecule has 2 N–H and O–H groups in total. The summed E-state index contributed by atoms with van der Waals surface area (Å²) in [6.45, 7) is 9.91. The van der Waals surface area contributed by atoms with Gasteiger partial charge in [-0.25, -0.2) is 0 Å². The van der Waals surface area contributed by atoms with Gasteiger partial charge in [-0.1, -0.05) is 195 Å². The monoisotopic (exact) mass is 580 g/mol. The first-order valence-corrected chi connectivity index (χ1v) is 18.8. The van der Waals surface area contributed by atoms with Crippen LogP contribution < -0.4 is 5.73 Å². The largest absolute Gasteiger partial charge is 0.464 e. The highest BCUT2D eigenvalue weighted by atomic mass is 16.5. The number of hydrogen-bond donors (Lipinski definition) is 1. The average Bonchev–Trinajstić information content (AvgIpc) is 2.95. The minimum absolute atomic E-state index is 0.00296. The second kappa shape index (κ2) is 32.3. The molecule has 0 spiro atoms. The Hall–Kier alpha value is -0.570. The van der Waals surface area contributed by atoms with E-state index in [2.05, 4.69) is 27.7 Å². The first-order valence-electron chi connectivity index (χ1n) is 18.8. The van der Waals surface area contributed by atoms with Crippen LogP contribution in [0.15, 0.2) is 0 Å². The molecule has 0 radical (unpaired) electrons. The third-order valence-corrected chi connectivity index (χ3v) is 8.93. The van der Waals surface area contributed by atoms with Gasteiger partial charge < -0.3 is 10.5 Å². The number of ether oxygens (including phenoxy) is 1. The third-order valence-electron chi connectivity index (χ3n) is 8.93. The smallest absolute Gasteiger partial charge is 0.319 e. The summed E-state index contributed by atoms with van der Waals surface area (Å²) in [5.74, 6) is 2.01. The van der Waals surface area contributed by atoms with Crippen LogP contribution in [-0.4, -0.2) is 19.1 Å². The molecule has 3 nitrogen and oxygen atoms in total. The number of nitrogens with two attached hydrogens (primary N) is 1. The number of esters is 1. The average molecular weight is 580 g/mol. The summed E-state index contributed by atoms with van der Waals surface area (Å²) in [4.78, 5) is 11.6. The van der Waals surface area contributed by atoms with E-state index >= 15 is 0 Å². The molecule has 0 heterocycles. The van der Waals surface area contributed by atoms with Crippen LogP contribution in [0.4, 0.5) is 0 Å². The number of carbonyl (C=O) groups is 1. The molecule has 0 aliphatic carbocycles.